The standard InChI is InChI=1S/C19H26O/c20-18-12-15-19(13-5-2-6-14-19)17(18)11-7-10-16-8-3-1-4-9-16/h1,3-4,7-9,11,17-18,20H,2,5-6,10,12-15H2/b11-7+. The highest BCUT2D eigenvalue weighted by atomic mass is 16.3. The lowest BCUT2D eigenvalue weighted by Gasteiger charge is -2.38. The van der Waals surface area contributed by atoms with Crippen molar-refractivity contribution >= 4 is 0 Å². The number of allylic oxidation sites excluding steroid dienone is 1. The summed E-state index contributed by atoms with van der Waals surface area (Å²) >= 11 is 0. The molecule has 2 atom stereocenters. The first-order valence-corrected chi connectivity index (χ1v) is 8.19. The second-order valence-corrected chi connectivity index (χ2v) is 6.67. The van der Waals surface area contributed by atoms with Crippen LogP contribution in [0.3, 0.4) is 0 Å². The Morgan fingerprint density at radius 1 is 1.05 bits per heavy atom. The van der Waals surface area contributed by atoms with E-state index in [1.165, 1.54) is 44.1 Å². The second kappa shape index (κ2) is 6.13. The topological polar surface area (TPSA) is 20.2 Å². The van der Waals surface area contributed by atoms with Crippen LogP contribution in [-0.4, -0.2) is 11.2 Å². The number of hydrogen-bond acceptors (Lipinski definition) is 1. The van der Waals surface area contributed by atoms with E-state index in [2.05, 4.69) is 42.5 Å². The number of hydrogen-bond donors (Lipinski definition) is 1. The van der Waals surface area contributed by atoms with E-state index in [0.717, 1.165) is 12.8 Å². The van der Waals surface area contributed by atoms with Crippen molar-refractivity contribution in [1.82, 2.24) is 0 Å². The van der Waals surface area contributed by atoms with Gasteiger partial charge in [0.2, 0.25) is 0 Å². The van der Waals surface area contributed by atoms with Gasteiger partial charge in [0.05, 0.1) is 6.10 Å². The molecular formula is C19H26O. The highest BCUT2D eigenvalue weighted by molar-refractivity contribution is 5.18. The molecule has 1 aromatic carbocycles. The summed E-state index contributed by atoms with van der Waals surface area (Å²) in [6, 6.07) is 10.6. The molecule has 2 unspecified atom stereocenters. The fraction of sp³-hybridized carbons (Fsp3) is 0.579. The SMILES string of the molecule is OC1CCC2(CCCCC2)C1/C=C/Cc1ccccc1. The third-order valence-electron chi connectivity index (χ3n) is 5.45. The van der Waals surface area contributed by atoms with Crippen LogP contribution in [0.2, 0.25) is 0 Å². The molecule has 108 valence electrons. The van der Waals surface area contributed by atoms with Crippen molar-refractivity contribution < 1.29 is 5.11 Å². The number of aliphatic hydroxyl groups excluding tert-OH is 1. The van der Waals surface area contributed by atoms with Crippen molar-refractivity contribution in [2.24, 2.45) is 11.3 Å². The van der Waals surface area contributed by atoms with Gasteiger partial charge >= 0.3 is 0 Å². The maximum Gasteiger partial charge on any atom is 0.0608 e. The Bertz CT molecular complexity index is 437. The zero-order chi connectivity index (χ0) is 13.8. The van der Waals surface area contributed by atoms with Crippen LogP contribution in [0.15, 0.2) is 42.5 Å². The predicted molar refractivity (Wildman–Crippen MR) is 83.5 cm³/mol. The lowest BCUT2D eigenvalue weighted by Crippen LogP contribution is -2.31. The fourth-order valence-corrected chi connectivity index (χ4v) is 4.33. The van der Waals surface area contributed by atoms with Crippen molar-refractivity contribution in [3.63, 3.8) is 0 Å². The largest absolute Gasteiger partial charge is 0.392 e. The number of aliphatic hydroxyl groups is 1. The molecule has 2 aliphatic rings. The van der Waals surface area contributed by atoms with Crippen LogP contribution in [0.1, 0.15) is 50.5 Å². The first-order valence-electron chi connectivity index (χ1n) is 8.19. The lowest BCUT2D eigenvalue weighted by atomic mass is 9.67. The zero-order valence-electron chi connectivity index (χ0n) is 12.3. The predicted octanol–water partition coefficient (Wildman–Crippen LogP) is 4.51. The average molecular weight is 270 g/mol. The smallest absolute Gasteiger partial charge is 0.0608 e. The van der Waals surface area contributed by atoms with Gasteiger partial charge in [-0.25, -0.2) is 0 Å². The van der Waals surface area contributed by atoms with Gasteiger partial charge in [0.15, 0.2) is 0 Å². The van der Waals surface area contributed by atoms with Gasteiger partial charge in [-0.3, -0.25) is 0 Å². The lowest BCUT2D eigenvalue weighted by molar-refractivity contribution is 0.0820. The van der Waals surface area contributed by atoms with Crippen molar-refractivity contribution in [3.05, 3.63) is 48.0 Å². The van der Waals surface area contributed by atoms with Gasteiger partial charge in [0, 0.05) is 5.92 Å². The Labute approximate surface area is 122 Å². The number of rotatable bonds is 3. The van der Waals surface area contributed by atoms with Gasteiger partial charge in [-0.2, -0.15) is 0 Å². The quantitative estimate of drug-likeness (QED) is 0.801. The molecular weight excluding hydrogens is 244 g/mol. The third-order valence-corrected chi connectivity index (χ3v) is 5.45. The van der Waals surface area contributed by atoms with E-state index in [-0.39, 0.29) is 6.10 Å². The van der Waals surface area contributed by atoms with Crippen LogP contribution in [0.5, 0.6) is 0 Å². The molecule has 2 saturated carbocycles. The van der Waals surface area contributed by atoms with E-state index in [0.29, 0.717) is 11.3 Å². The van der Waals surface area contributed by atoms with Crippen molar-refractivity contribution in [2.45, 2.75) is 57.5 Å². The minimum atomic E-state index is -0.111. The molecule has 20 heavy (non-hydrogen) atoms. The fourth-order valence-electron chi connectivity index (χ4n) is 4.33. The monoisotopic (exact) mass is 270 g/mol. The van der Waals surface area contributed by atoms with Crippen molar-refractivity contribution in [1.29, 1.82) is 0 Å². The van der Waals surface area contributed by atoms with Crippen LogP contribution in [0.25, 0.3) is 0 Å². The van der Waals surface area contributed by atoms with Crippen molar-refractivity contribution in [2.75, 3.05) is 0 Å². The highest BCUT2D eigenvalue weighted by Crippen LogP contribution is 2.53. The molecule has 0 aliphatic heterocycles. The van der Waals surface area contributed by atoms with E-state index in [4.69, 9.17) is 0 Å². The molecule has 0 saturated heterocycles. The molecule has 0 aromatic heterocycles. The molecule has 0 amide bonds. The van der Waals surface area contributed by atoms with Gasteiger partial charge < -0.3 is 5.11 Å². The average Bonchev–Trinajstić information content (AvgIpc) is 2.78. The first kappa shape index (κ1) is 13.9. The van der Waals surface area contributed by atoms with Crippen LogP contribution in [0, 0.1) is 11.3 Å². The Kier molecular flexibility index (Phi) is 4.26. The van der Waals surface area contributed by atoms with E-state index in [1.54, 1.807) is 0 Å². The van der Waals surface area contributed by atoms with Crippen LogP contribution in [-0.2, 0) is 6.42 Å². The summed E-state index contributed by atoms with van der Waals surface area (Å²) in [6.45, 7) is 0. The molecule has 1 N–H and O–H groups in total. The molecule has 0 heterocycles. The van der Waals surface area contributed by atoms with Crippen molar-refractivity contribution in [3.8, 4) is 0 Å². The zero-order valence-corrected chi connectivity index (χ0v) is 12.3. The van der Waals surface area contributed by atoms with E-state index < -0.39 is 0 Å². The summed E-state index contributed by atoms with van der Waals surface area (Å²) in [5, 5.41) is 10.4. The maximum absolute atomic E-state index is 10.4. The Morgan fingerprint density at radius 3 is 2.55 bits per heavy atom. The molecule has 1 spiro atoms. The summed E-state index contributed by atoms with van der Waals surface area (Å²) in [5.74, 6) is 0.395. The van der Waals surface area contributed by atoms with Gasteiger partial charge in [0.25, 0.3) is 0 Å². The Balaban J connectivity index is 1.67. The molecule has 1 aromatic rings. The number of benzene rings is 1. The van der Waals surface area contributed by atoms with Gasteiger partial charge in [-0.15, -0.1) is 0 Å². The highest BCUT2D eigenvalue weighted by Gasteiger charge is 2.46. The molecule has 3 rings (SSSR count). The van der Waals surface area contributed by atoms with Crippen LogP contribution >= 0.6 is 0 Å². The van der Waals surface area contributed by atoms with Crippen LogP contribution < -0.4 is 0 Å². The normalized spacial score (nSPS) is 29.2. The second-order valence-electron chi connectivity index (χ2n) is 6.67. The summed E-state index contributed by atoms with van der Waals surface area (Å²) in [6.07, 6.45) is 14.5. The van der Waals surface area contributed by atoms with Gasteiger partial charge in [-0.05, 0) is 43.1 Å². The summed E-state index contributed by atoms with van der Waals surface area (Å²) in [7, 11) is 0. The maximum atomic E-state index is 10.4. The molecule has 1 nitrogen and oxygen atoms in total. The molecule has 1 heteroatoms. The molecule has 2 fully saturated rings. The minimum absolute atomic E-state index is 0.111. The van der Waals surface area contributed by atoms with E-state index in [1.807, 2.05) is 0 Å². The van der Waals surface area contributed by atoms with E-state index >= 15 is 0 Å². The Hall–Kier alpha value is -1.08. The first-order chi connectivity index (χ1) is 9.80. The molecule has 2 aliphatic carbocycles. The Morgan fingerprint density at radius 2 is 1.80 bits per heavy atom. The minimum Gasteiger partial charge on any atom is -0.392 e. The van der Waals surface area contributed by atoms with Gasteiger partial charge in [-0.1, -0.05) is 61.7 Å². The van der Waals surface area contributed by atoms with Gasteiger partial charge in [0.1, 0.15) is 0 Å². The van der Waals surface area contributed by atoms with Crippen LogP contribution in [0.4, 0.5) is 0 Å². The summed E-state index contributed by atoms with van der Waals surface area (Å²) in [5.41, 5.74) is 1.78. The molecule has 0 bridgehead atoms. The third kappa shape index (κ3) is 2.83. The van der Waals surface area contributed by atoms with E-state index in [9.17, 15) is 5.11 Å². The molecule has 0 radical (unpaired) electrons. The summed E-state index contributed by atoms with van der Waals surface area (Å²) < 4.78 is 0. The summed E-state index contributed by atoms with van der Waals surface area (Å²) in [4.78, 5) is 0.